The number of hydrogen-bond donors (Lipinski definition) is 19. The number of amides is 8. The van der Waals surface area contributed by atoms with E-state index >= 15 is 28.8 Å². The van der Waals surface area contributed by atoms with Crippen LogP contribution in [0.1, 0.15) is 116 Å². The van der Waals surface area contributed by atoms with E-state index in [0.717, 1.165) is 77.9 Å². The summed E-state index contributed by atoms with van der Waals surface area (Å²) in [4.78, 5) is 141. The summed E-state index contributed by atoms with van der Waals surface area (Å²) in [5.74, 6) is -17.4. The largest absolute Gasteiger partial charge is 0.508 e. The zero-order valence-corrected chi connectivity index (χ0v) is 69.7. The smallest absolute Gasteiger partial charge is 0.322 e. The van der Waals surface area contributed by atoms with Crippen LogP contribution in [-0.4, -0.2) is 219 Å². The van der Waals surface area contributed by atoms with Crippen molar-refractivity contribution in [3.8, 4) is 57.1 Å². The molecule has 666 valence electrons. The van der Waals surface area contributed by atoms with Crippen LogP contribution in [0.2, 0.25) is 10.0 Å². The second-order valence-corrected chi connectivity index (χ2v) is 32.8. The molecule has 2 fully saturated rings. The number of aliphatic hydroxyl groups is 6. The van der Waals surface area contributed by atoms with Gasteiger partial charge in [-0.15, -0.1) is 0 Å². The van der Waals surface area contributed by atoms with Crippen molar-refractivity contribution in [2.45, 2.75) is 169 Å². The standard InChI is InChI=1S/C88H95Cl2N11O25/c1-41(2)28-56(101(26-23-43-12-7-5-8-13-43)27-24-44-14-9-6-10-15-44)81(115)98-71-73(109)46-18-21-59(53(89)30-46)122-61-32-48-33-62(77(61)126-87-78(76(112)75(111)63(40-102)124-87)125-66-37-88(4,79(113)42(3)121-66)100-49-16-11-25-92-38-49)123-60-22-19-47(31-54(60)90)74(110)72-86(120)97-70(82(116)93-39-65(107)108)52-34-50(103)35-58(105)67(52)51-29-45(17-20-57(51)104)68(83(117)99-72)96-84(118)69(48)95-80(114)55(36-64(91)106)94-85(71)119/h5-22,25,29-35,38,41-42,55-56,63,66,68-76,78-79,87,100,102-105,109-113H,23-24,26-28,36-37,39-40H2,1-4H3,(H2,91,106)(H,93,116)(H,94,119)(H,95,114)(H,96,118)(H,97,120)(H,98,115)(H,99,117)(H,107,108)/t42-,55-,56+,63-,66-,68+,69+,70-,71+,72-,73+,74+,75+,76-,78-,79+,87-,88-/m0/s1. The topological polar surface area (TPSA) is 550 Å². The molecule has 38 heteroatoms. The van der Waals surface area contributed by atoms with E-state index in [-0.39, 0.29) is 46.2 Å². The van der Waals surface area contributed by atoms with Crippen LogP contribution in [0.4, 0.5) is 5.69 Å². The molecule has 11 bridgehead atoms. The van der Waals surface area contributed by atoms with E-state index in [1.165, 1.54) is 24.5 Å². The maximum Gasteiger partial charge on any atom is 0.322 e. The number of anilines is 1. The highest BCUT2D eigenvalue weighted by Crippen LogP contribution is 2.50. The average molecular weight is 1780 g/mol. The first-order chi connectivity index (χ1) is 60.1. The maximum atomic E-state index is 16.5. The number of carboxylic acids is 1. The lowest BCUT2D eigenvalue weighted by Crippen LogP contribution is -2.64. The molecule has 18 atom stereocenters. The van der Waals surface area contributed by atoms with E-state index in [4.69, 9.17) is 57.4 Å². The lowest BCUT2D eigenvalue weighted by atomic mass is 9.84. The van der Waals surface area contributed by atoms with Crippen LogP contribution >= 0.6 is 23.2 Å². The quantitative estimate of drug-likeness (QED) is 0.0423. The number of carbonyl (C=O) groups excluding carboxylic acids is 8. The van der Waals surface area contributed by atoms with Crippen LogP contribution in [-0.2, 0) is 70.2 Å². The molecular weight excluding hydrogens is 1680 g/mol. The highest BCUT2D eigenvalue weighted by atomic mass is 35.5. The van der Waals surface area contributed by atoms with Gasteiger partial charge in [-0.25, -0.2) is 0 Å². The first-order valence-corrected chi connectivity index (χ1v) is 41.1. The van der Waals surface area contributed by atoms with Gasteiger partial charge in [-0.1, -0.05) is 116 Å². The number of carbonyl (C=O) groups is 9. The Morgan fingerprint density at radius 3 is 1.87 bits per heavy atom. The summed E-state index contributed by atoms with van der Waals surface area (Å²) < 4.78 is 39.6. The predicted molar refractivity (Wildman–Crippen MR) is 449 cm³/mol. The third-order valence-electron chi connectivity index (χ3n) is 22.4. The molecule has 8 amide bonds. The van der Waals surface area contributed by atoms with Crippen molar-refractivity contribution < 1.29 is 123 Å². The molecule has 7 aliphatic rings. The minimum absolute atomic E-state index is 0.173. The van der Waals surface area contributed by atoms with Gasteiger partial charge in [0, 0.05) is 49.1 Å². The number of carboxylic acid groups (broad SMARTS) is 1. The minimum Gasteiger partial charge on any atom is -0.508 e. The molecule has 15 rings (SSSR count). The molecule has 20 N–H and O–H groups in total. The van der Waals surface area contributed by atoms with Crippen molar-refractivity contribution in [2.24, 2.45) is 11.7 Å². The molecule has 2 saturated heterocycles. The third kappa shape index (κ3) is 20.9. The van der Waals surface area contributed by atoms with E-state index in [1.807, 2.05) is 79.4 Å². The Morgan fingerprint density at radius 2 is 1.28 bits per heavy atom. The molecule has 0 aliphatic carbocycles. The number of phenolic OH excluding ortho intramolecular Hbond substituents is 3. The molecule has 7 aliphatic heterocycles. The Kier molecular flexibility index (Phi) is 28.6. The number of aromatic hydroxyl groups is 3. The third-order valence-corrected chi connectivity index (χ3v) is 23.0. The van der Waals surface area contributed by atoms with E-state index in [0.29, 0.717) is 31.6 Å². The molecule has 0 radical (unpaired) electrons. The van der Waals surface area contributed by atoms with Gasteiger partial charge >= 0.3 is 5.97 Å². The number of rotatable bonds is 23. The normalized spacial score (nSPS) is 25.8. The lowest BCUT2D eigenvalue weighted by molar-refractivity contribution is -0.332. The first-order valence-electron chi connectivity index (χ1n) is 40.4. The number of nitrogens with one attached hydrogen (secondary N) is 8. The first kappa shape index (κ1) is 91.4. The van der Waals surface area contributed by atoms with Crippen LogP contribution in [0, 0.1) is 5.92 Å². The Hall–Kier alpha value is -12.3. The minimum atomic E-state index is -2.41. The van der Waals surface area contributed by atoms with Crippen molar-refractivity contribution in [3.63, 3.8) is 0 Å². The zero-order chi connectivity index (χ0) is 90.3. The molecule has 8 heterocycles. The fourth-order valence-corrected chi connectivity index (χ4v) is 16.4. The Morgan fingerprint density at radius 1 is 0.667 bits per heavy atom. The molecular formula is C88H95Cl2N11O25. The molecule has 1 aromatic heterocycles. The van der Waals surface area contributed by atoms with Crippen LogP contribution in [0.3, 0.4) is 0 Å². The number of aliphatic hydroxyl groups excluding tert-OH is 6. The van der Waals surface area contributed by atoms with Gasteiger partial charge in [-0.2, -0.15) is 0 Å². The SMILES string of the molecule is CC(C)C[C@H](C(=O)N[C@H]1C(=O)N[C@@H](CC(N)=O)C(=O)N[C@H]2C(=O)N[C@H]3C(=O)N[C@H](C(=O)N[C@H](C(=O)NCC(=O)O)c4cc(O)cc(O)c4-c4cc3ccc4O)[C@H](O)c3ccc(c(Cl)c3)Oc3cc2cc(c3O[C@@H]2O[C@@H](CO)[C@@H](O)[C@H](O)[C@@H]2O[C@H]2C[C@](C)(Nc3cccnc3)[C@H](O)[C@H](C)O2)Oc2ccc(cc2Cl)[C@H]1O)N(CCc1ccccc1)CCc1ccccc1. The summed E-state index contributed by atoms with van der Waals surface area (Å²) in [5, 5.41) is 137. The highest BCUT2D eigenvalue weighted by molar-refractivity contribution is 6.32. The Labute approximate surface area is 730 Å². The van der Waals surface area contributed by atoms with Crippen molar-refractivity contribution in [2.75, 3.05) is 31.6 Å². The zero-order valence-electron chi connectivity index (χ0n) is 68.2. The fourth-order valence-electron chi connectivity index (χ4n) is 15.9. The van der Waals surface area contributed by atoms with Crippen molar-refractivity contribution >= 4 is 82.1 Å². The van der Waals surface area contributed by atoms with Gasteiger partial charge in [0.1, 0.15) is 108 Å². The van der Waals surface area contributed by atoms with Crippen LogP contribution < -0.4 is 62.5 Å². The summed E-state index contributed by atoms with van der Waals surface area (Å²) in [7, 11) is 0. The molecule has 0 saturated carbocycles. The molecule has 0 spiro atoms. The molecule has 8 aromatic rings. The van der Waals surface area contributed by atoms with Gasteiger partial charge in [0.25, 0.3) is 0 Å². The van der Waals surface area contributed by atoms with Gasteiger partial charge in [-0.3, -0.25) is 53.0 Å². The number of halogens is 2. The number of pyridine rings is 1. The second kappa shape index (κ2) is 39.5. The number of aromatic nitrogens is 1. The van der Waals surface area contributed by atoms with Gasteiger partial charge in [0.15, 0.2) is 23.9 Å². The number of primary amides is 1. The average Bonchev–Trinajstić information content (AvgIpc) is 0.774. The second-order valence-electron chi connectivity index (χ2n) is 31.9. The number of phenols is 3. The molecule has 36 nitrogen and oxygen atoms in total. The Bertz CT molecular complexity index is 5340. The number of fused-ring (bicyclic) bond motifs is 15. The number of aliphatic carboxylic acids is 1. The molecule has 7 aromatic carbocycles. The van der Waals surface area contributed by atoms with Gasteiger partial charge < -0.3 is 128 Å². The van der Waals surface area contributed by atoms with E-state index < -0.39 is 250 Å². The monoisotopic (exact) mass is 1780 g/mol. The summed E-state index contributed by atoms with van der Waals surface area (Å²) in [5.41, 5.74) is 4.07. The molecule has 0 unspecified atom stereocenters. The van der Waals surface area contributed by atoms with Crippen LogP contribution in [0.15, 0.2) is 164 Å². The van der Waals surface area contributed by atoms with E-state index in [9.17, 15) is 65.4 Å². The number of nitrogens with two attached hydrogens (primary N) is 1. The lowest BCUT2D eigenvalue weighted by Gasteiger charge is -2.48. The van der Waals surface area contributed by atoms with Crippen LogP contribution in [0.25, 0.3) is 11.1 Å². The fraction of sp³-hybridized carbons (Fsp3) is 0.364. The summed E-state index contributed by atoms with van der Waals surface area (Å²) in [6, 6.07) is 21.5. The maximum absolute atomic E-state index is 16.5. The van der Waals surface area contributed by atoms with Gasteiger partial charge in [-0.05, 0) is 145 Å². The number of hydrogen-bond acceptors (Lipinski definition) is 27. The Balaban J connectivity index is 1.00. The predicted octanol–water partition coefficient (Wildman–Crippen LogP) is 4.34. The number of benzene rings is 7. The van der Waals surface area contributed by atoms with E-state index in [1.54, 1.807) is 26.0 Å². The van der Waals surface area contributed by atoms with Crippen molar-refractivity contribution in [1.82, 2.24) is 47.1 Å². The van der Waals surface area contributed by atoms with Gasteiger partial charge in [0.2, 0.25) is 59.3 Å². The van der Waals surface area contributed by atoms with Crippen molar-refractivity contribution in [1.29, 1.82) is 0 Å². The van der Waals surface area contributed by atoms with Gasteiger partial charge in [0.05, 0.1) is 46.4 Å². The number of nitrogens with zero attached hydrogens (tertiary/aromatic N) is 2. The van der Waals surface area contributed by atoms with Crippen LogP contribution in [0.5, 0.6) is 46.0 Å². The van der Waals surface area contributed by atoms with E-state index in [2.05, 4.69) is 47.5 Å². The molecule has 126 heavy (non-hydrogen) atoms. The summed E-state index contributed by atoms with van der Waals surface area (Å²) >= 11 is 14.5. The summed E-state index contributed by atoms with van der Waals surface area (Å²) in [6.07, 6.45) is -15.1. The summed E-state index contributed by atoms with van der Waals surface area (Å²) in [6.45, 7) is 5.54. The van der Waals surface area contributed by atoms with Crippen molar-refractivity contribution in [3.05, 3.63) is 213 Å². The highest BCUT2D eigenvalue weighted by Gasteiger charge is 2.53. The number of ether oxygens (including phenoxy) is 6.